The molecule has 3 fully saturated rings. The van der Waals surface area contributed by atoms with Crippen LogP contribution in [0.15, 0.2) is 0 Å². The molecule has 3 aliphatic rings. The Morgan fingerprint density at radius 2 is 1.83 bits per heavy atom. The molecule has 1 spiro atoms. The van der Waals surface area contributed by atoms with Gasteiger partial charge < -0.3 is 15.1 Å². The quantitative estimate of drug-likeness (QED) is 0.785. The first-order chi connectivity index (χ1) is 11.1. The number of nitrogens with one attached hydrogen (secondary N) is 1. The minimum atomic E-state index is -0.376. The molecule has 0 bridgehead atoms. The highest BCUT2D eigenvalue weighted by Gasteiger charge is 2.64. The normalized spacial score (nSPS) is 27.5. The molecule has 2 saturated heterocycles. The minimum absolute atomic E-state index is 0.0669. The zero-order valence-electron chi connectivity index (χ0n) is 14.6. The third-order valence-corrected chi connectivity index (χ3v) is 5.94. The van der Waals surface area contributed by atoms with Crippen LogP contribution in [0.3, 0.4) is 0 Å². The molecular weight excluding hydrogens is 290 g/mol. The fraction of sp³-hybridized carbons (Fsp3) is 0.889. The number of likely N-dealkylation sites (tertiary alicyclic amines) is 2. The van der Waals surface area contributed by atoms with E-state index in [1.165, 1.54) is 19.3 Å². The van der Waals surface area contributed by atoms with Gasteiger partial charge in [0.15, 0.2) is 0 Å². The van der Waals surface area contributed by atoms with Gasteiger partial charge in [0.1, 0.15) is 6.04 Å². The predicted molar refractivity (Wildman–Crippen MR) is 90.0 cm³/mol. The Morgan fingerprint density at radius 3 is 2.43 bits per heavy atom. The van der Waals surface area contributed by atoms with Gasteiger partial charge in [-0.3, -0.25) is 9.59 Å². The van der Waals surface area contributed by atoms with E-state index in [1.54, 1.807) is 0 Å². The van der Waals surface area contributed by atoms with E-state index >= 15 is 0 Å². The highest BCUT2D eigenvalue weighted by molar-refractivity contribution is 6.02. The van der Waals surface area contributed by atoms with Gasteiger partial charge >= 0.3 is 0 Å². The highest BCUT2D eigenvalue weighted by Crippen LogP contribution is 2.52. The van der Waals surface area contributed by atoms with Crippen molar-refractivity contribution in [2.45, 2.75) is 70.9 Å². The molecule has 1 aliphatic carbocycles. The van der Waals surface area contributed by atoms with E-state index < -0.39 is 0 Å². The van der Waals surface area contributed by atoms with Crippen molar-refractivity contribution in [3.63, 3.8) is 0 Å². The van der Waals surface area contributed by atoms with E-state index in [2.05, 4.69) is 10.2 Å². The first kappa shape index (κ1) is 16.7. The van der Waals surface area contributed by atoms with E-state index in [4.69, 9.17) is 0 Å². The van der Waals surface area contributed by atoms with Crippen molar-refractivity contribution in [2.75, 3.05) is 26.2 Å². The maximum atomic E-state index is 12.8. The molecule has 0 aromatic carbocycles. The Kier molecular flexibility index (Phi) is 4.95. The summed E-state index contributed by atoms with van der Waals surface area (Å²) in [6.07, 6.45) is 7.81. The van der Waals surface area contributed by atoms with Crippen LogP contribution in [-0.4, -0.2) is 59.9 Å². The van der Waals surface area contributed by atoms with Crippen molar-refractivity contribution in [3.05, 3.63) is 0 Å². The maximum Gasteiger partial charge on any atom is 0.243 e. The van der Waals surface area contributed by atoms with Gasteiger partial charge in [0.25, 0.3) is 0 Å². The Morgan fingerprint density at radius 1 is 1.17 bits per heavy atom. The number of nitrogens with zero attached hydrogens (tertiary/aromatic N) is 2. The lowest BCUT2D eigenvalue weighted by Crippen LogP contribution is -2.74. The Balaban J connectivity index is 1.56. The molecule has 5 nitrogen and oxygen atoms in total. The largest absolute Gasteiger partial charge is 0.353 e. The van der Waals surface area contributed by atoms with Gasteiger partial charge in [-0.1, -0.05) is 19.3 Å². The second-order valence-corrected chi connectivity index (χ2v) is 7.77. The van der Waals surface area contributed by atoms with Gasteiger partial charge in [-0.05, 0) is 52.6 Å². The number of β-lactam (4-membered cyclic amide) rings is 1. The smallest absolute Gasteiger partial charge is 0.243 e. The van der Waals surface area contributed by atoms with E-state index in [-0.39, 0.29) is 29.3 Å². The van der Waals surface area contributed by atoms with E-state index in [1.807, 2.05) is 18.7 Å². The highest BCUT2D eigenvalue weighted by atomic mass is 16.2. The molecule has 2 heterocycles. The van der Waals surface area contributed by atoms with Crippen molar-refractivity contribution in [3.8, 4) is 0 Å². The van der Waals surface area contributed by atoms with Gasteiger partial charge in [0.05, 0.1) is 5.41 Å². The summed E-state index contributed by atoms with van der Waals surface area (Å²) < 4.78 is 0. The summed E-state index contributed by atoms with van der Waals surface area (Å²) in [5.41, 5.74) is -0.376. The average molecular weight is 321 g/mol. The lowest BCUT2D eigenvalue weighted by molar-refractivity contribution is -0.181. The number of hydrogen-bond donors (Lipinski definition) is 1. The summed E-state index contributed by atoms with van der Waals surface area (Å²) in [5, 5.41) is 3.11. The number of hydrogen-bond acceptors (Lipinski definition) is 3. The topological polar surface area (TPSA) is 52.7 Å². The summed E-state index contributed by atoms with van der Waals surface area (Å²) in [6, 6.07) is -0.134. The van der Waals surface area contributed by atoms with Crippen molar-refractivity contribution < 1.29 is 9.59 Å². The summed E-state index contributed by atoms with van der Waals surface area (Å²) in [4.78, 5) is 29.6. The minimum Gasteiger partial charge on any atom is -0.353 e. The molecule has 2 amide bonds. The van der Waals surface area contributed by atoms with Gasteiger partial charge in [0.2, 0.25) is 11.8 Å². The van der Waals surface area contributed by atoms with Crippen molar-refractivity contribution in [2.24, 2.45) is 5.41 Å². The van der Waals surface area contributed by atoms with Crippen LogP contribution in [0.4, 0.5) is 0 Å². The third kappa shape index (κ3) is 3.00. The number of piperidine rings is 1. The van der Waals surface area contributed by atoms with Crippen LogP contribution in [0.25, 0.3) is 0 Å². The molecule has 0 aromatic heterocycles. The maximum absolute atomic E-state index is 12.8. The van der Waals surface area contributed by atoms with Crippen LogP contribution in [0.1, 0.15) is 58.8 Å². The first-order valence-corrected chi connectivity index (χ1v) is 9.39. The Hall–Kier alpha value is -1.10. The SMILES string of the molecule is CC(C)N1C(=O)C2(CCCC2)C1C(=O)NCCN1CCCCC1. The van der Waals surface area contributed by atoms with E-state index in [0.717, 1.165) is 45.3 Å². The molecule has 1 unspecified atom stereocenters. The Bertz CT molecular complexity index is 451. The monoisotopic (exact) mass is 321 g/mol. The number of carbonyl (C=O) groups excluding carboxylic acids is 2. The van der Waals surface area contributed by atoms with Crippen molar-refractivity contribution >= 4 is 11.8 Å². The molecule has 0 aromatic rings. The lowest BCUT2D eigenvalue weighted by atomic mass is 9.68. The Labute approximate surface area is 139 Å². The molecule has 5 heteroatoms. The van der Waals surface area contributed by atoms with Gasteiger partial charge in [-0.2, -0.15) is 0 Å². The predicted octanol–water partition coefficient (Wildman–Crippen LogP) is 1.77. The number of amides is 2. The number of carbonyl (C=O) groups is 2. The van der Waals surface area contributed by atoms with E-state index in [0.29, 0.717) is 6.54 Å². The second-order valence-electron chi connectivity index (χ2n) is 7.77. The van der Waals surface area contributed by atoms with Gasteiger partial charge in [0, 0.05) is 19.1 Å². The van der Waals surface area contributed by atoms with Crippen LogP contribution in [0.5, 0.6) is 0 Å². The third-order valence-electron chi connectivity index (χ3n) is 5.94. The lowest BCUT2D eigenvalue weighted by Gasteiger charge is -2.55. The summed E-state index contributed by atoms with van der Waals surface area (Å²) in [7, 11) is 0. The summed E-state index contributed by atoms with van der Waals surface area (Å²) >= 11 is 0. The summed E-state index contributed by atoms with van der Waals surface area (Å²) in [6.45, 7) is 7.95. The van der Waals surface area contributed by atoms with Crippen molar-refractivity contribution in [1.82, 2.24) is 15.1 Å². The molecule has 3 rings (SSSR count). The zero-order valence-corrected chi connectivity index (χ0v) is 14.6. The van der Waals surface area contributed by atoms with Crippen LogP contribution in [0, 0.1) is 5.41 Å². The molecule has 1 saturated carbocycles. The van der Waals surface area contributed by atoms with Gasteiger partial charge in [-0.15, -0.1) is 0 Å². The molecule has 0 radical (unpaired) electrons. The summed E-state index contributed by atoms with van der Waals surface area (Å²) in [5.74, 6) is 0.276. The fourth-order valence-electron chi connectivity index (χ4n) is 4.71. The molecule has 2 aliphatic heterocycles. The van der Waals surface area contributed by atoms with Crippen LogP contribution >= 0.6 is 0 Å². The van der Waals surface area contributed by atoms with Crippen LogP contribution < -0.4 is 5.32 Å². The molecule has 23 heavy (non-hydrogen) atoms. The standard InChI is InChI=1S/C18H31N3O2/c1-14(2)21-15(18(17(21)23)8-4-5-9-18)16(22)19-10-13-20-11-6-3-7-12-20/h14-15H,3-13H2,1-2H3,(H,19,22). The van der Waals surface area contributed by atoms with Crippen LogP contribution in [0.2, 0.25) is 0 Å². The average Bonchev–Trinajstić information content (AvgIpc) is 3.04. The van der Waals surface area contributed by atoms with Crippen molar-refractivity contribution in [1.29, 1.82) is 0 Å². The first-order valence-electron chi connectivity index (χ1n) is 9.39. The molecule has 1 atom stereocenters. The fourth-order valence-corrected chi connectivity index (χ4v) is 4.71. The van der Waals surface area contributed by atoms with Crippen LogP contribution in [-0.2, 0) is 9.59 Å². The van der Waals surface area contributed by atoms with Gasteiger partial charge in [-0.25, -0.2) is 0 Å². The zero-order chi connectivity index (χ0) is 16.4. The molecular formula is C18H31N3O2. The molecule has 130 valence electrons. The molecule has 1 N–H and O–H groups in total. The second kappa shape index (κ2) is 6.80. The number of rotatable bonds is 5. The van der Waals surface area contributed by atoms with E-state index in [9.17, 15) is 9.59 Å².